The maximum absolute atomic E-state index is 4.51. The maximum Gasteiger partial charge on any atom is 0.0955 e. The Balaban J connectivity index is 1.80. The Kier molecular flexibility index (Phi) is 3.38. The summed E-state index contributed by atoms with van der Waals surface area (Å²) in [7, 11) is 0. The highest BCUT2D eigenvalue weighted by molar-refractivity contribution is 5.28. The Morgan fingerprint density at radius 1 is 1.20 bits per heavy atom. The van der Waals surface area contributed by atoms with Crippen molar-refractivity contribution in [2.75, 3.05) is 6.54 Å². The van der Waals surface area contributed by atoms with Crippen LogP contribution in [0, 0.1) is 0 Å². The van der Waals surface area contributed by atoms with Crippen LogP contribution in [0.1, 0.15) is 43.3 Å². The number of aromatic nitrogens is 2. The minimum atomic E-state index is 0.221. The van der Waals surface area contributed by atoms with Crippen molar-refractivity contribution in [2.24, 2.45) is 0 Å². The van der Waals surface area contributed by atoms with Gasteiger partial charge in [-0.25, -0.2) is 4.98 Å². The van der Waals surface area contributed by atoms with Crippen molar-refractivity contribution in [3.8, 4) is 0 Å². The molecule has 1 aliphatic heterocycles. The summed E-state index contributed by atoms with van der Waals surface area (Å²) in [4.78, 5) is 4.51. The Labute approximate surface area is 121 Å². The molecule has 1 aromatic heterocycles. The van der Waals surface area contributed by atoms with Crippen molar-refractivity contribution in [2.45, 2.75) is 45.7 Å². The second kappa shape index (κ2) is 5.06. The van der Waals surface area contributed by atoms with E-state index in [0.29, 0.717) is 0 Å². The second-order valence-corrected chi connectivity index (χ2v) is 6.64. The first-order valence-corrected chi connectivity index (χ1v) is 7.37. The molecule has 0 radical (unpaired) electrons. The standard InChI is InChI=1S/C17H23N3/c1-17(2,3)14-6-4-13(5-7-14)11-20-12-19-15-10-18-9-8-16(15)20/h4-7,12,18H,8-11H2,1-3H3. The van der Waals surface area contributed by atoms with Crippen LogP contribution in [-0.4, -0.2) is 16.1 Å². The maximum atomic E-state index is 4.51. The van der Waals surface area contributed by atoms with Crippen molar-refractivity contribution in [3.05, 3.63) is 53.1 Å². The molecule has 1 aromatic carbocycles. The van der Waals surface area contributed by atoms with Crippen LogP contribution in [0.4, 0.5) is 0 Å². The molecule has 3 nitrogen and oxygen atoms in total. The number of nitrogens with one attached hydrogen (secondary N) is 1. The molecule has 0 aliphatic carbocycles. The number of rotatable bonds is 2. The lowest BCUT2D eigenvalue weighted by atomic mass is 9.87. The quantitative estimate of drug-likeness (QED) is 0.908. The van der Waals surface area contributed by atoms with Crippen LogP contribution in [0.3, 0.4) is 0 Å². The Morgan fingerprint density at radius 3 is 2.65 bits per heavy atom. The molecular weight excluding hydrogens is 246 g/mol. The fourth-order valence-electron chi connectivity index (χ4n) is 2.74. The van der Waals surface area contributed by atoms with Crippen molar-refractivity contribution >= 4 is 0 Å². The monoisotopic (exact) mass is 269 g/mol. The van der Waals surface area contributed by atoms with Crippen molar-refractivity contribution in [3.63, 3.8) is 0 Å². The third-order valence-corrected chi connectivity index (χ3v) is 4.04. The van der Waals surface area contributed by atoms with E-state index in [0.717, 1.165) is 26.1 Å². The third kappa shape index (κ3) is 2.63. The highest BCUT2D eigenvalue weighted by atomic mass is 15.1. The topological polar surface area (TPSA) is 29.9 Å². The fourth-order valence-corrected chi connectivity index (χ4v) is 2.74. The van der Waals surface area contributed by atoms with E-state index in [-0.39, 0.29) is 5.41 Å². The highest BCUT2D eigenvalue weighted by Crippen LogP contribution is 2.22. The summed E-state index contributed by atoms with van der Waals surface area (Å²) in [5.41, 5.74) is 5.55. The van der Waals surface area contributed by atoms with E-state index in [4.69, 9.17) is 0 Å². The number of hydrogen-bond donors (Lipinski definition) is 1. The van der Waals surface area contributed by atoms with Gasteiger partial charge in [-0.2, -0.15) is 0 Å². The highest BCUT2D eigenvalue weighted by Gasteiger charge is 2.15. The second-order valence-electron chi connectivity index (χ2n) is 6.64. The van der Waals surface area contributed by atoms with E-state index in [9.17, 15) is 0 Å². The molecule has 2 aromatic rings. The molecule has 0 amide bonds. The lowest BCUT2D eigenvalue weighted by Gasteiger charge is -2.19. The molecule has 1 aliphatic rings. The molecule has 20 heavy (non-hydrogen) atoms. The van der Waals surface area contributed by atoms with E-state index < -0.39 is 0 Å². The molecule has 3 rings (SSSR count). The molecule has 106 valence electrons. The van der Waals surface area contributed by atoms with Crippen LogP contribution in [0.15, 0.2) is 30.6 Å². The lowest BCUT2D eigenvalue weighted by Crippen LogP contribution is -2.25. The number of hydrogen-bond acceptors (Lipinski definition) is 2. The number of fused-ring (bicyclic) bond motifs is 1. The average molecular weight is 269 g/mol. The van der Waals surface area contributed by atoms with Gasteiger partial charge >= 0.3 is 0 Å². The van der Waals surface area contributed by atoms with Gasteiger partial charge in [0.1, 0.15) is 0 Å². The van der Waals surface area contributed by atoms with Gasteiger partial charge in [0.2, 0.25) is 0 Å². The number of nitrogens with zero attached hydrogens (tertiary/aromatic N) is 2. The Morgan fingerprint density at radius 2 is 1.95 bits per heavy atom. The number of imidazole rings is 1. The Hall–Kier alpha value is -1.61. The van der Waals surface area contributed by atoms with Crippen molar-refractivity contribution < 1.29 is 0 Å². The van der Waals surface area contributed by atoms with Gasteiger partial charge in [-0.15, -0.1) is 0 Å². The largest absolute Gasteiger partial charge is 0.330 e. The zero-order valence-electron chi connectivity index (χ0n) is 12.6. The summed E-state index contributed by atoms with van der Waals surface area (Å²) in [6.45, 7) is 9.64. The molecule has 1 N–H and O–H groups in total. The van der Waals surface area contributed by atoms with Gasteiger partial charge in [0.15, 0.2) is 0 Å². The van der Waals surface area contributed by atoms with Crippen LogP contribution < -0.4 is 5.32 Å². The molecule has 3 heteroatoms. The summed E-state index contributed by atoms with van der Waals surface area (Å²) in [6, 6.07) is 8.99. The van der Waals surface area contributed by atoms with Crippen LogP contribution in [-0.2, 0) is 24.9 Å². The van der Waals surface area contributed by atoms with Gasteiger partial charge in [0, 0.05) is 31.7 Å². The molecule has 0 fully saturated rings. The van der Waals surface area contributed by atoms with Gasteiger partial charge in [0.05, 0.1) is 12.0 Å². The van der Waals surface area contributed by atoms with E-state index in [2.05, 4.69) is 59.9 Å². The molecule has 0 bridgehead atoms. The van der Waals surface area contributed by atoms with E-state index >= 15 is 0 Å². The zero-order valence-corrected chi connectivity index (χ0v) is 12.6. The van der Waals surface area contributed by atoms with Gasteiger partial charge < -0.3 is 9.88 Å². The van der Waals surface area contributed by atoms with E-state index in [1.54, 1.807) is 0 Å². The summed E-state index contributed by atoms with van der Waals surface area (Å²) in [6.07, 6.45) is 3.06. The smallest absolute Gasteiger partial charge is 0.0955 e. The van der Waals surface area contributed by atoms with Gasteiger partial charge in [-0.3, -0.25) is 0 Å². The van der Waals surface area contributed by atoms with Crippen molar-refractivity contribution in [1.29, 1.82) is 0 Å². The first kappa shape index (κ1) is 13.4. The third-order valence-electron chi connectivity index (χ3n) is 4.04. The summed E-state index contributed by atoms with van der Waals surface area (Å²) < 4.78 is 2.29. The predicted molar refractivity (Wildman–Crippen MR) is 81.9 cm³/mol. The molecule has 2 heterocycles. The molecule has 0 atom stereocenters. The summed E-state index contributed by atoms with van der Waals surface area (Å²) in [5.74, 6) is 0. The first-order chi connectivity index (χ1) is 9.54. The molecule has 0 unspecified atom stereocenters. The van der Waals surface area contributed by atoms with Crippen LogP contribution >= 0.6 is 0 Å². The predicted octanol–water partition coefficient (Wildman–Crippen LogP) is 2.87. The average Bonchev–Trinajstić information content (AvgIpc) is 2.82. The normalized spacial score (nSPS) is 15.2. The summed E-state index contributed by atoms with van der Waals surface area (Å²) >= 11 is 0. The lowest BCUT2D eigenvalue weighted by molar-refractivity contribution is 0.588. The SMILES string of the molecule is CC(C)(C)c1ccc(Cn2cnc3c2CCNC3)cc1. The summed E-state index contributed by atoms with van der Waals surface area (Å²) in [5, 5.41) is 3.37. The molecular formula is C17H23N3. The van der Waals surface area contributed by atoms with Crippen LogP contribution in [0.25, 0.3) is 0 Å². The minimum Gasteiger partial charge on any atom is -0.330 e. The van der Waals surface area contributed by atoms with E-state index in [1.165, 1.54) is 22.5 Å². The zero-order chi connectivity index (χ0) is 14.2. The number of benzene rings is 1. The van der Waals surface area contributed by atoms with Crippen molar-refractivity contribution in [1.82, 2.24) is 14.9 Å². The fraction of sp³-hybridized carbons (Fsp3) is 0.471. The molecule has 0 spiro atoms. The minimum absolute atomic E-state index is 0.221. The van der Waals surface area contributed by atoms with E-state index in [1.807, 2.05) is 6.33 Å². The van der Waals surface area contributed by atoms with Gasteiger partial charge in [0.25, 0.3) is 0 Å². The van der Waals surface area contributed by atoms with Gasteiger partial charge in [-0.1, -0.05) is 45.0 Å². The molecule has 0 saturated heterocycles. The Bertz CT molecular complexity index is 588. The van der Waals surface area contributed by atoms with Crippen LogP contribution in [0.5, 0.6) is 0 Å². The molecule has 0 saturated carbocycles. The first-order valence-electron chi connectivity index (χ1n) is 7.37. The van der Waals surface area contributed by atoms with Crippen LogP contribution in [0.2, 0.25) is 0 Å². The van der Waals surface area contributed by atoms with Gasteiger partial charge in [-0.05, 0) is 16.5 Å².